The molecule has 2 aromatic heterocycles. The van der Waals surface area contributed by atoms with Crippen LogP contribution >= 0.6 is 45.1 Å². The molecular formula is C22H35N7O16P3S2-3. The summed E-state index contributed by atoms with van der Waals surface area (Å²) in [4.78, 5) is 81.5. The molecule has 3 heterocycles. The van der Waals surface area contributed by atoms with Gasteiger partial charge in [-0.25, -0.2) is 19.3 Å². The van der Waals surface area contributed by atoms with Gasteiger partial charge in [-0.2, -0.15) is 0 Å². The fraction of sp³-hybridized carbons (Fsp3) is 0.682. The number of anilines is 1. The number of rotatable bonds is 20. The summed E-state index contributed by atoms with van der Waals surface area (Å²) < 4.78 is 60.6. The van der Waals surface area contributed by atoms with Crippen LogP contribution in [0, 0.1) is 5.41 Å². The molecule has 50 heavy (non-hydrogen) atoms. The number of phosphoric ester groups is 3. The number of nitrogens with two attached hydrogens (primary N) is 1. The van der Waals surface area contributed by atoms with E-state index in [1.165, 1.54) is 24.6 Å². The van der Waals surface area contributed by atoms with Crippen molar-refractivity contribution in [2.24, 2.45) is 5.41 Å². The lowest BCUT2D eigenvalue weighted by Crippen LogP contribution is -2.46. The minimum atomic E-state index is -5.87. The molecule has 23 nitrogen and oxygen atoms in total. The van der Waals surface area contributed by atoms with Gasteiger partial charge in [0.2, 0.25) is 11.8 Å². The molecule has 0 spiro atoms. The Hall–Kier alpha value is -1.76. The maximum Gasteiger partial charge on any atom is 0.274 e. The first-order valence-electron chi connectivity index (χ1n) is 14.2. The molecule has 3 rings (SSSR count). The van der Waals surface area contributed by atoms with Crippen molar-refractivity contribution in [2.45, 2.75) is 50.9 Å². The van der Waals surface area contributed by atoms with Crippen LogP contribution in [0.3, 0.4) is 0 Å². The van der Waals surface area contributed by atoms with E-state index in [9.17, 15) is 53.1 Å². The van der Waals surface area contributed by atoms with Crippen molar-refractivity contribution in [2.75, 3.05) is 44.0 Å². The number of phosphoric acid groups is 3. The zero-order valence-corrected chi connectivity index (χ0v) is 30.8. The summed E-state index contributed by atoms with van der Waals surface area (Å²) in [7, 11) is -14.1. The number of carbonyl (C=O) groups is 2. The van der Waals surface area contributed by atoms with Gasteiger partial charge in [0.15, 0.2) is 17.7 Å². The largest absolute Gasteiger partial charge is 0.756 e. The maximum atomic E-state index is 12.4. The van der Waals surface area contributed by atoms with Crippen LogP contribution in [0.4, 0.5) is 5.82 Å². The van der Waals surface area contributed by atoms with E-state index in [-0.39, 0.29) is 35.9 Å². The normalized spacial score (nSPS) is 23.9. The van der Waals surface area contributed by atoms with Crippen LogP contribution in [0.5, 0.6) is 0 Å². The highest BCUT2D eigenvalue weighted by atomic mass is 33.1. The van der Waals surface area contributed by atoms with Crippen LogP contribution in [0.2, 0.25) is 0 Å². The van der Waals surface area contributed by atoms with Gasteiger partial charge in [0.25, 0.3) is 23.5 Å². The Labute approximate surface area is 292 Å². The Morgan fingerprint density at radius 1 is 1.14 bits per heavy atom. The van der Waals surface area contributed by atoms with Gasteiger partial charge in [0.1, 0.15) is 36.3 Å². The fourth-order valence-corrected chi connectivity index (χ4v) is 8.08. The van der Waals surface area contributed by atoms with E-state index in [0.717, 1.165) is 17.2 Å². The first-order valence-corrected chi connectivity index (χ1v) is 21.3. The minimum Gasteiger partial charge on any atom is -0.756 e. The number of hydrogen-bond donors (Lipinski definition) is 6. The van der Waals surface area contributed by atoms with Crippen molar-refractivity contribution >= 4 is 73.9 Å². The fourth-order valence-electron chi connectivity index (χ4n) is 4.24. The third-order valence-electron chi connectivity index (χ3n) is 6.68. The number of hydrogen-bond acceptors (Lipinski definition) is 21. The molecular weight excluding hydrogens is 775 g/mol. The van der Waals surface area contributed by atoms with E-state index in [2.05, 4.69) is 43.5 Å². The van der Waals surface area contributed by atoms with Crippen LogP contribution in [0.25, 0.3) is 11.2 Å². The smallest absolute Gasteiger partial charge is 0.274 e. The number of amides is 2. The standard InChI is InChI=1S/C22H38N7O16P3S2/c1-22(2,17(32)20(33)25-5-4-13(30)24-6-7-50-49-3)9-42-48(39,40)45-47(37,38)41-8-12-16(44-46(34,35)36)15(31)21(43-12)29-11-28-14-18(23)26-10-27-19(14)29/h10-12,15-17,21,31-32H,4-9H2,1-3H3,(H,24,30)(H,25,33)(H,37,38)(H,39,40)(H2,23,26,27)(H2,34,35,36)/p-3. The second-order valence-corrected chi connectivity index (χ2v) is 17.8. The first kappa shape index (κ1) is 42.7. The second-order valence-electron chi connectivity index (χ2n) is 11.0. The average molecular weight is 811 g/mol. The molecule has 8 atom stereocenters. The van der Waals surface area contributed by atoms with Gasteiger partial charge in [-0.05, 0) is 6.26 Å². The molecule has 2 aromatic rings. The van der Waals surface area contributed by atoms with Crippen molar-refractivity contribution in [3.05, 3.63) is 12.7 Å². The number of nitrogens with one attached hydrogen (secondary N) is 2. The number of aromatic nitrogens is 4. The molecule has 0 radical (unpaired) electrons. The lowest BCUT2D eigenvalue weighted by molar-refractivity contribution is -0.247. The number of nitrogens with zero attached hydrogens (tertiary/aromatic N) is 4. The highest BCUT2D eigenvalue weighted by Gasteiger charge is 2.48. The second kappa shape index (κ2) is 17.8. The number of fused-ring (bicyclic) bond motifs is 1. The van der Waals surface area contributed by atoms with Crippen LogP contribution in [-0.4, -0.2) is 109 Å². The molecule has 1 aliphatic rings. The summed E-state index contributed by atoms with van der Waals surface area (Å²) in [5.41, 5.74) is 4.16. The Morgan fingerprint density at radius 2 is 1.82 bits per heavy atom. The maximum absolute atomic E-state index is 12.4. The minimum absolute atomic E-state index is 0.00299. The predicted molar refractivity (Wildman–Crippen MR) is 169 cm³/mol. The van der Waals surface area contributed by atoms with Gasteiger partial charge < -0.3 is 64.5 Å². The molecule has 0 aromatic carbocycles. The molecule has 284 valence electrons. The van der Waals surface area contributed by atoms with Crippen molar-refractivity contribution in [3.63, 3.8) is 0 Å². The van der Waals surface area contributed by atoms with E-state index in [0.29, 0.717) is 12.3 Å². The molecule has 1 saturated heterocycles. The van der Waals surface area contributed by atoms with Crippen molar-refractivity contribution in [1.82, 2.24) is 30.2 Å². The molecule has 0 saturated carbocycles. The van der Waals surface area contributed by atoms with Gasteiger partial charge in [0, 0.05) is 30.7 Å². The van der Waals surface area contributed by atoms with E-state index in [4.69, 9.17) is 10.5 Å². The molecule has 0 aliphatic carbocycles. The van der Waals surface area contributed by atoms with E-state index in [1.807, 2.05) is 6.26 Å². The number of aliphatic hydroxyl groups is 2. The summed E-state index contributed by atoms with van der Waals surface area (Å²) in [6.07, 6.45) is -5.28. The van der Waals surface area contributed by atoms with Crippen LogP contribution < -0.4 is 31.0 Å². The lowest BCUT2D eigenvalue weighted by Gasteiger charge is -2.35. The van der Waals surface area contributed by atoms with Crippen LogP contribution in [-0.2, 0) is 45.9 Å². The topological polar surface area (TPSA) is 355 Å². The average Bonchev–Trinajstić information content (AvgIpc) is 3.57. The third kappa shape index (κ3) is 12.4. The first-order chi connectivity index (χ1) is 23.2. The molecule has 1 fully saturated rings. The zero-order valence-electron chi connectivity index (χ0n) is 26.5. The number of imidazole rings is 1. The molecule has 0 bridgehead atoms. The molecule has 8 unspecified atom stereocenters. The summed E-state index contributed by atoms with van der Waals surface area (Å²) >= 11 is 0. The predicted octanol–water partition coefficient (Wildman–Crippen LogP) is -2.48. The Balaban J connectivity index is 1.57. The highest BCUT2D eigenvalue weighted by molar-refractivity contribution is 8.76. The SMILES string of the molecule is CSSCCNC(=O)CCNC(=O)C(O)C(C)(C)COP(=O)([O-])OP(=O)([O-])OCC1OC(n2cnc3c(N)ncnc32)C(O)C1OP(=O)([O-])O. The van der Waals surface area contributed by atoms with Gasteiger partial charge in [-0.3, -0.25) is 27.9 Å². The highest BCUT2D eigenvalue weighted by Crippen LogP contribution is 2.56. The van der Waals surface area contributed by atoms with Crippen molar-refractivity contribution < 1.29 is 75.7 Å². The molecule has 1 aliphatic heterocycles. The summed E-state index contributed by atoms with van der Waals surface area (Å²) in [6.45, 7) is 0.533. The van der Waals surface area contributed by atoms with Gasteiger partial charge in [-0.15, -0.1) is 0 Å². The Bertz CT molecular complexity index is 1630. The van der Waals surface area contributed by atoms with Crippen molar-refractivity contribution in [1.29, 1.82) is 0 Å². The lowest BCUT2D eigenvalue weighted by atomic mass is 9.87. The number of nitrogen functional groups attached to an aromatic ring is 1. The van der Waals surface area contributed by atoms with Gasteiger partial charge >= 0.3 is 0 Å². The summed E-state index contributed by atoms with van der Waals surface area (Å²) in [6, 6.07) is 0. The summed E-state index contributed by atoms with van der Waals surface area (Å²) in [5, 5.41) is 26.2. The van der Waals surface area contributed by atoms with E-state index < -0.39 is 78.6 Å². The zero-order chi connectivity index (χ0) is 37.5. The Kier molecular flexibility index (Phi) is 15.2. The van der Waals surface area contributed by atoms with Crippen LogP contribution in [0.15, 0.2) is 12.7 Å². The van der Waals surface area contributed by atoms with Crippen LogP contribution in [0.1, 0.15) is 26.5 Å². The van der Waals surface area contributed by atoms with E-state index in [1.54, 1.807) is 10.8 Å². The quantitative estimate of drug-likeness (QED) is 0.0458. The van der Waals surface area contributed by atoms with Gasteiger partial charge in [-0.1, -0.05) is 35.4 Å². The van der Waals surface area contributed by atoms with Crippen molar-refractivity contribution in [3.8, 4) is 0 Å². The summed E-state index contributed by atoms with van der Waals surface area (Å²) in [5.74, 6) is -0.695. The number of carbonyl (C=O) groups excluding carboxylic acids is 2. The molecule has 7 N–H and O–H groups in total. The number of aliphatic hydroxyl groups excluding tert-OH is 2. The molecule has 2 amide bonds. The monoisotopic (exact) mass is 810 g/mol. The number of ether oxygens (including phenoxy) is 1. The third-order valence-corrected chi connectivity index (χ3v) is 11.5. The van der Waals surface area contributed by atoms with Gasteiger partial charge in [0.05, 0.1) is 19.5 Å². The Morgan fingerprint density at radius 3 is 2.48 bits per heavy atom. The molecule has 28 heteroatoms. The van der Waals surface area contributed by atoms with E-state index >= 15 is 0 Å².